The number of carbonyl (C=O) groups excluding carboxylic acids is 2. The molecule has 2 amide bonds. The highest BCUT2D eigenvalue weighted by molar-refractivity contribution is 5.69. The molecule has 5 aliphatic rings. The minimum Gasteiger partial charge on any atom is -0.445 e. The van der Waals surface area contributed by atoms with E-state index in [1.54, 1.807) is 0 Å². The average Bonchev–Trinajstić information content (AvgIpc) is 2.72. The van der Waals surface area contributed by atoms with Crippen molar-refractivity contribution in [2.75, 3.05) is 0 Å². The fourth-order valence-electron chi connectivity index (χ4n) is 7.06. The van der Waals surface area contributed by atoms with Crippen molar-refractivity contribution in [3.8, 4) is 0 Å². The van der Waals surface area contributed by atoms with E-state index in [9.17, 15) is 9.59 Å². The Morgan fingerprint density at radius 1 is 0.935 bits per heavy atom. The van der Waals surface area contributed by atoms with Gasteiger partial charge in [-0.1, -0.05) is 49.6 Å². The van der Waals surface area contributed by atoms with Crippen LogP contribution in [0, 0.1) is 11.8 Å². The predicted molar refractivity (Wildman–Crippen MR) is 116 cm³/mol. The van der Waals surface area contributed by atoms with Gasteiger partial charge in [-0.25, -0.2) is 9.59 Å². The molecular formula is C25H34N2O4. The van der Waals surface area contributed by atoms with E-state index >= 15 is 0 Å². The van der Waals surface area contributed by atoms with E-state index in [1.165, 1.54) is 25.7 Å². The maximum atomic E-state index is 12.7. The zero-order valence-corrected chi connectivity index (χ0v) is 18.2. The van der Waals surface area contributed by atoms with E-state index in [0.29, 0.717) is 18.3 Å². The second-order valence-corrected chi connectivity index (χ2v) is 10.5. The Morgan fingerprint density at radius 3 is 2.35 bits per heavy atom. The van der Waals surface area contributed by atoms with Gasteiger partial charge in [0.25, 0.3) is 0 Å². The van der Waals surface area contributed by atoms with Crippen molar-refractivity contribution in [3.63, 3.8) is 0 Å². The number of hydrogen-bond donors (Lipinski definition) is 2. The number of nitrogens with one attached hydrogen (secondary N) is 2. The SMILES string of the molecule is O=C(NC12C[C@H]3C[C@@H](C1)CC(OC(=O)NC1CCCCC1)(C3)C2)OCc1ccccc1. The molecule has 0 heterocycles. The molecule has 0 saturated heterocycles. The Balaban J connectivity index is 1.21. The number of amides is 2. The summed E-state index contributed by atoms with van der Waals surface area (Å²) in [4.78, 5) is 25.4. The fraction of sp³-hybridized carbons (Fsp3) is 0.680. The van der Waals surface area contributed by atoms with Gasteiger partial charge >= 0.3 is 12.2 Å². The number of alkyl carbamates (subject to hydrolysis) is 2. The van der Waals surface area contributed by atoms with E-state index in [-0.39, 0.29) is 30.4 Å². The number of carbonyl (C=O) groups is 2. The van der Waals surface area contributed by atoms with E-state index in [4.69, 9.17) is 9.47 Å². The first-order valence-electron chi connectivity index (χ1n) is 12.0. The van der Waals surface area contributed by atoms with E-state index in [1.807, 2.05) is 30.3 Å². The Kier molecular flexibility index (Phi) is 5.57. The highest BCUT2D eigenvalue weighted by atomic mass is 16.6. The normalized spacial score (nSPS) is 34.2. The third kappa shape index (κ3) is 4.68. The molecule has 2 unspecified atom stereocenters. The number of rotatable bonds is 5. The summed E-state index contributed by atoms with van der Waals surface area (Å²) in [7, 11) is 0. The molecule has 4 bridgehead atoms. The van der Waals surface area contributed by atoms with Crippen LogP contribution in [0.25, 0.3) is 0 Å². The van der Waals surface area contributed by atoms with Crippen LogP contribution in [0.3, 0.4) is 0 Å². The first-order valence-corrected chi connectivity index (χ1v) is 12.0. The third-order valence-corrected chi connectivity index (χ3v) is 7.82. The minimum atomic E-state index is -0.449. The Labute approximate surface area is 184 Å². The Bertz CT molecular complexity index is 791. The summed E-state index contributed by atoms with van der Waals surface area (Å²) < 4.78 is 11.7. The van der Waals surface area contributed by atoms with Crippen molar-refractivity contribution in [1.29, 1.82) is 0 Å². The smallest absolute Gasteiger partial charge is 0.407 e. The summed E-state index contributed by atoms with van der Waals surface area (Å²) >= 11 is 0. The average molecular weight is 427 g/mol. The summed E-state index contributed by atoms with van der Waals surface area (Å²) in [5.74, 6) is 0.997. The zero-order chi connectivity index (χ0) is 21.3. The van der Waals surface area contributed by atoms with Crippen molar-refractivity contribution in [3.05, 3.63) is 35.9 Å². The number of ether oxygens (including phenoxy) is 2. The molecule has 0 radical (unpaired) electrons. The molecule has 6 rings (SSSR count). The van der Waals surface area contributed by atoms with Gasteiger partial charge in [-0.15, -0.1) is 0 Å². The molecule has 6 heteroatoms. The lowest BCUT2D eigenvalue weighted by molar-refractivity contribution is -0.142. The van der Waals surface area contributed by atoms with Gasteiger partial charge in [0.05, 0.1) is 0 Å². The lowest BCUT2D eigenvalue weighted by atomic mass is 9.51. The molecule has 5 fully saturated rings. The Morgan fingerprint density at radius 2 is 1.65 bits per heavy atom. The van der Waals surface area contributed by atoms with Crippen LogP contribution in [0.15, 0.2) is 30.3 Å². The highest BCUT2D eigenvalue weighted by Crippen LogP contribution is 2.59. The maximum Gasteiger partial charge on any atom is 0.407 e. The largest absolute Gasteiger partial charge is 0.445 e. The molecule has 6 nitrogen and oxygen atoms in total. The van der Waals surface area contributed by atoms with E-state index in [0.717, 1.165) is 44.1 Å². The van der Waals surface area contributed by atoms with Crippen molar-refractivity contribution >= 4 is 12.2 Å². The molecule has 2 N–H and O–H groups in total. The first kappa shape index (κ1) is 20.7. The highest BCUT2D eigenvalue weighted by Gasteiger charge is 2.60. The molecule has 0 spiro atoms. The molecule has 0 aromatic heterocycles. The van der Waals surface area contributed by atoms with Gasteiger partial charge in [0, 0.05) is 18.0 Å². The summed E-state index contributed by atoms with van der Waals surface area (Å²) in [6.45, 7) is 0.265. The molecule has 4 atom stereocenters. The predicted octanol–water partition coefficient (Wildman–Crippen LogP) is 5.06. The molecule has 0 aliphatic heterocycles. The van der Waals surface area contributed by atoms with Crippen LogP contribution in [0.1, 0.15) is 76.2 Å². The molecule has 5 aliphatic carbocycles. The van der Waals surface area contributed by atoms with Gasteiger partial charge in [0.1, 0.15) is 12.2 Å². The lowest BCUT2D eigenvalue weighted by Gasteiger charge is -2.60. The summed E-state index contributed by atoms with van der Waals surface area (Å²) in [5.41, 5.74) is 0.209. The van der Waals surface area contributed by atoms with Gasteiger partial charge in [0.2, 0.25) is 0 Å². The van der Waals surface area contributed by atoms with Gasteiger partial charge < -0.3 is 20.1 Å². The van der Waals surface area contributed by atoms with Crippen LogP contribution in [-0.4, -0.2) is 29.4 Å². The van der Waals surface area contributed by atoms with Crippen LogP contribution in [0.4, 0.5) is 9.59 Å². The van der Waals surface area contributed by atoms with Crippen molar-refractivity contribution in [2.45, 2.75) is 94.4 Å². The Hall–Kier alpha value is -2.24. The summed E-state index contributed by atoms with van der Waals surface area (Å²) in [6.07, 6.45) is 10.7. The topological polar surface area (TPSA) is 76.7 Å². The van der Waals surface area contributed by atoms with Crippen LogP contribution in [-0.2, 0) is 16.1 Å². The summed E-state index contributed by atoms with van der Waals surface area (Å²) in [5, 5.41) is 6.31. The van der Waals surface area contributed by atoms with E-state index < -0.39 is 5.60 Å². The van der Waals surface area contributed by atoms with Crippen molar-refractivity contribution in [2.24, 2.45) is 11.8 Å². The molecule has 5 saturated carbocycles. The van der Waals surface area contributed by atoms with Crippen LogP contribution in [0.2, 0.25) is 0 Å². The number of hydrogen-bond acceptors (Lipinski definition) is 4. The van der Waals surface area contributed by atoms with Gasteiger partial charge in [-0.3, -0.25) is 0 Å². The molecule has 31 heavy (non-hydrogen) atoms. The van der Waals surface area contributed by atoms with E-state index in [2.05, 4.69) is 10.6 Å². The lowest BCUT2D eigenvalue weighted by Crippen LogP contribution is -2.66. The van der Waals surface area contributed by atoms with Gasteiger partial charge in [-0.2, -0.15) is 0 Å². The van der Waals surface area contributed by atoms with Crippen molar-refractivity contribution < 1.29 is 19.1 Å². The quantitative estimate of drug-likeness (QED) is 0.690. The second-order valence-electron chi connectivity index (χ2n) is 10.5. The molecule has 1 aromatic rings. The monoisotopic (exact) mass is 426 g/mol. The fourth-order valence-corrected chi connectivity index (χ4v) is 7.06. The van der Waals surface area contributed by atoms with Gasteiger partial charge in [-0.05, 0) is 62.3 Å². The molecule has 1 aromatic carbocycles. The second kappa shape index (κ2) is 8.36. The first-order chi connectivity index (χ1) is 15.0. The maximum absolute atomic E-state index is 12.7. The van der Waals surface area contributed by atoms with Gasteiger partial charge in [0.15, 0.2) is 0 Å². The summed E-state index contributed by atoms with van der Waals surface area (Å²) in [6, 6.07) is 9.97. The van der Waals surface area contributed by atoms with Crippen LogP contribution >= 0.6 is 0 Å². The zero-order valence-electron chi connectivity index (χ0n) is 18.2. The number of benzene rings is 1. The minimum absolute atomic E-state index is 0.246. The van der Waals surface area contributed by atoms with Crippen molar-refractivity contribution in [1.82, 2.24) is 10.6 Å². The molecular weight excluding hydrogens is 392 g/mol. The van der Waals surface area contributed by atoms with Crippen LogP contribution < -0.4 is 10.6 Å². The standard InChI is InChI=1S/C25H34N2O4/c28-22(26-21-9-5-2-6-10-21)31-25-14-19-11-20(15-25)13-24(12-19,17-25)27-23(29)30-16-18-7-3-1-4-8-18/h1,3-4,7-8,19-21H,2,5-6,9-17H2,(H,26,28)(H,27,29)/t19-,20+,24?,25?. The molecule has 168 valence electrons. The third-order valence-electron chi connectivity index (χ3n) is 7.82. The van der Waals surface area contributed by atoms with Crippen LogP contribution in [0.5, 0.6) is 0 Å².